The van der Waals surface area contributed by atoms with Gasteiger partial charge < -0.3 is 14.1 Å². The van der Waals surface area contributed by atoms with Crippen molar-refractivity contribution < 1.29 is 9.15 Å². The van der Waals surface area contributed by atoms with Crippen molar-refractivity contribution in [3.05, 3.63) is 388 Å². The smallest absolute Gasteiger partial charge is 0.256 e. The second-order valence-corrected chi connectivity index (χ2v) is 31.7. The lowest BCUT2D eigenvalue weighted by Gasteiger charge is -2.42. The predicted octanol–water partition coefficient (Wildman–Crippen LogP) is 28.0. The van der Waals surface area contributed by atoms with E-state index in [9.17, 15) is 0 Å². The van der Waals surface area contributed by atoms with Gasteiger partial charge in [0.25, 0.3) is 6.71 Å². The first-order valence-electron chi connectivity index (χ1n) is 38.4. The van der Waals surface area contributed by atoms with Crippen LogP contribution in [0.3, 0.4) is 0 Å². The van der Waals surface area contributed by atoms with E-state index in [1.807, 2.05) is 11.3 Å². The third-order valence-electron chi connectivity index (χ3n) is 22.8. The zero-order valence-electron chi connectivity index (χ0n) is 61.6. The zero-order valence-corrected chi connectivity index (χ0v) is 62.4. The van der Waals surface area contributed by atoms with Gasteiger partial charge in [0.15, 0.2) is 0 Å². The van der Waals surface area contributed by atoms with Crippen molar-refractivity contribution in [1.82, 2.24) is 0 Å². The second kappa shape index (κ2) is 26.7. The molecule has 4 heterocycles. The number of para-hydroxylation sites is 1. The maximum absolute atomic E-state index is 7.97. The van der Waals surface area contributed by atoms with E-state index in [0.29, 0.717) is 0 Å². The molecule has 0 atom stereocenters. The molecule has 0 saturated heterocycles. The zero-order chi connectivity index (χ0) is 73.8. The Hall–Kier alpha value is -13.6. The quantitative estimate of drug-likeness (QED) is 0.114. The summed E-state index contributed by atoms with van der Waals surface area (Å²) in [6.07, 6.45) is 0. The lowest BCUT2D eigenvalue weighted by Crippen LogP contribution is -2.59. The number of hydrogen-bond donors (Lipinski definition) is 0. The molecule has 522 valence electrons. The first-order valence-corrected chi connectivity index (χ1v) is 39.2. The van der Waals surface area contributed by atoms with Crippen molar-refractivity contribution in [2.75, 3.05) is 4.90 Å². The van der Waals surface area contributed by atoms with Crippen molar-refractivity contribution in [3.63, 3.8) is 0 Å². The number of furan rings is 1. The summed E-state index contributed by atoms with van der Waals surface area (Å²) >= 11 is 1.86. The van der Waals surface area contributed by atoms with Gasteiger partial charge in [0.1, 0.15) is 22.7 Å². The van der Waals surface area contributed by atoms with Gasteiger partial charge in [-0.05, 0) is 242 Å². The topological polar surface area (TPSA) is 25.6 Å². The lowest BCUT2D eigenvalue weighted by atomic mass is 9.34. The van der Waals surface area contributed by atoms with Crippen LogP contribution >= 0.6 is 11.3 Å². The van der Waals surface area contributed by atoms with E-state index in [2.05, 4.69) is 408 Å². The number of benzene rings is 17. The number of hydrogen-bond acceptors (Lipinski definition) is 4. The average Bonchev–Trinajstić information content (AvgIpc) is 1.26. The van der Waals surface area contributed by atoms with Crippen LogP contribution in [0.2, 0.25) is 0 Å². The van der Waals surface area contributed by atoms with Crippen LogP contribution in [0, 0.1) is 0 Å². The first kappa shape index (κ1) is 65.7. The van der Waals surface area contributed by atoms with Crippen LogP contribution in [0.25, 0.3) is 165 Å². The number of anilines is 3. The summed E-state index contributed by atoms with van der Waals surface area (Å²) in [4.78, 5) is 2.69. The average molecular weight is 1430 g/mol. The molecule has 0 amide bonds. The van der Waals surface area contributed by atoms with Gasteiger partial charge in [-0.1, -0.05) is 300 Å². The van der Waals surface area contributed by atoms with Gasteiger partial charge in [-0.15, -0.1) is 11.3 Å². The standard InChI is InChI=1S/C106H72BNO2S/c1-106(2,3)83-65-90(85-42-26-45-97-102(85)87-40-22-24-44-96(87)109-97)105(91(66-83)86-43-27-47-101-103(86)88-41-23-25-46-100(88)111-101)108-94-61-74(80-56-76(68-30-12-5-13-31-68)54-77(57-80)69-32-14-6-15-33-69)49-52-92(94)107-93-53-50-75(84-51-48-73(67-28-10-4-11-29-67)60-89(84)72-38-20-9-21-39-72)63-98(93)110-99-64-82(62-95(108)104(99)107)81-58-78(70-34-16-7-17-35-70)55-79(59-81)71-36-18-8-19-37-71/h4-66H,1-3H3. The summed E-state index contributed by atoms with van der Waals surface area (Å²) in [5.74, 6) is 1.62. The number of thiophene rings is 1. The summed E-state index contributed by atoms with van der Waals surface area (Å²) < 4.78 is 17.4. The Bertz CT molecular complexity index is 6630. The van der Waals surface area contributed by atoms with Gasteiger partial charge in [0.05, 0.1) is 5.69 Å². The highest BCUT2D eigenvalue weighted by Gasteiger charge is 2.44. The summed E-state index contributed by atoms with van der Waals surface area (Å²) in [7, 11) is 0. The van der Waals surface area contributed by atoms with E-state index in [1.165, 1.54) is 31.3 Å². The molecule has 111 heavy (non-hydrogen) atoms. The van der Waals surface area contributed by atoms with Crippen molar-refractivity contribution in [2.45, 2.75) is 26.2 Å². The van der Waals surface area contributed by atoms with Crippen LogP contribution in [0.4, 0.5) is 17.1 Å². The molecule has 0 saturated carbocycles. The van der Waals surface area contributed by atoms with Crippen molar-refractivity contribution in [3.8, 4) is 134 Å². The molecule has 0 spiro atoms. The fraction of sp³-hybridized carbons (Fsp3) is 0.0377. The second-order valence-electron chi connectivity index (χ2n) is 30.6. The molecule has 3 nitrogen and oxygen atoms in total. The number of fused-ring (bicyclic) bond motifs is 10. The Morgan fingerprint density at radius 2 is 0.703 bits per heavy atom. The van der Waals surface area contributed by atoms with Gasteiger partial charge in [0, 0.05) is 53.4 Å². The van der Waals surface area contributed by atoms with Gasteiger partial charge in [-0.2, -0.15) is 0 Å². The van der Waals surface area contributed by atoms with E-state index in [0.717, 1.165) is 184 Å². The Balaban J connectivity index is 0.905. The van der Waals surface area contributed by atoms with Gasteiger partial charge in [-0.25, -0.2) is 0 Å². The Morgan fingerprint density at radius 1 is 0.270 bits per heavy atom. The maximum atomic E-state index is 7.97. The fourth-order valence-corrected chi connectivity index (χ4v) is 18.6. The largest absolute Gasteiger partial charge is 0.458 e. The Kier molecular flexibility index (Phi) is 15.8. The van der Waals surface area contributed by atoms with Crippen LogP contribution in [0.15, 0.2) is 387 Å². The first-order chi connectivity index (χ1) is 54.6. The fourth-order valence-electron chi connectivity index (χ4n) is 17.5. The van der Waals surface area contributed by atoms with Gasteiger partial charge in [-0.3, -0.25) is 0 Å². The normalized spacial score (nSPS) is 12.3. The van der Waals surface area contributed by atoms with Crippen LogP contribution in [-0.2, 0) is 5.41 Å². The molecule has 0 N–H and O–H groups in total. The molecule has 0 unspecified atom stereocenters. The molecule has 19 aromatic rings. The molecule has 2 aliphatic rings. The monoisotopic (exact) mass is 1430 g/mol. The molecule has 5 heteroatoms. The highest BCUT2D eigenvalue weighted by atomic mass is 32.1. The van der Waals surface area contributed by atoms with E-state index in [4.69, 9.17) is 9.15 Å². The maximum Gasteiger partial charge on any atom is 0.256 e. The van der Waals surface area contributed by atoms with E-state index >= 15 is 0 Å². The molecule has 0 bridgehead atoms. The van der Waals surface area contributed by atoms with Crippen molar-refractivity contribution in [1.29, 1.82) is 0 Å². The molecule has 2 aliphatic heterocycles. The number of ether oxygens (including phenoxy) is 1. The minimum absolute atomic E-state index is 0.298. The Labute approximate surface area is 651 Å². The third kappa shape index (κ3) is 11.5. The van der Waals surface area contributed by atoms with E-state index in [1.54, 1.807) is 0 Å². The predicted molar refractivity (Wildman–Crippen MR) is 471 cm³/mol. The summed E-state index contributed by atoms with van der Waals surface area (Å²) in [5.41, 5.74) is 33.8. The minimum Gasteiger partial charge on any atom is -0.458 e. The van der Waals surface area contributed by atoms with E-state index < -0.39 is 0 Å². The highest BCUT2D eigenvalue weighted by Crippen LogP contribution is 2.56. The van der Waals surface area contributed by atoms with Crippen molar-refractivity contribution >= 4 is 93.6 Å². The van der Waals surface area contributed by atoms with Crippen LogP contribution < -0.4 is 26.0 Å². The molecule has 17 aromatic carbocycles. The van der Waals surface area contributed by atoms with Crippen molar-refractivity contribution in [2.24, 2.45) is 0 Å². The van der Waals surface area contributed by atoms with E-state index in [-0.39, 0.29) is 12.1 Å². The number of rotatable bonds is 12. The lowest BCUT2D eigenvalue weighted by molar-refractivity contribution is 0.488. The molecular formula is C106H72BNO2S. The molecule has 2 aromatic heterocycles. The van der Waals surface area contributed by atoms with Crippen LogP contribution in [-0.4, -0.2) is 6.71 Å². The minimum atomic E-state index is -0.307. The summed E-state index contributed by atoms with van der Waals surface area (Å²) in [6.45, 7) is 6.79. The van der Waals surface area contributed by atoms with Crippen LogP contribution in [0.5, 0.6) is 11.5 Å². The highest BCUT2D eigenvalue weighted by molar-refractivity contribution is 7.26. The molecule has 21 rings (SSSR count). The van der Waals surface area contributed by atoms with Gasteiger partial charge >= 0.3 is 0 Å². The van der Waals surface area contributed by atoms with Crippen LogP contribution in [0.1, 0.15) is 26.3 Å². The molecule has 0 aliphatic carbocycles. The molecule has 0 radical (unpaired) electrons. The molecular weight excluding hydrogens is 1360 g/mol. The van der Waals surface area contributed by atoms with Gasteiger partial charge in [0.2, 0.25) is 0 Å². The third-order valence-corrected chi connectivity index (χ3v) is 24.0. The SMILES string of the molecule is CC(C)(C)c1cc(-c2cccc3oc4ccccc4c23)c(N2c3cc(-c4cc(-c5ccccc5)cc(-c5ccccc5)c4)ccc3B3c4ccc(-c5ccc(-c6ccccc6)cc5-c5ccccc5)cc4Oc4cc(-c5cc(-c6ccccc6)cc(-c6ccccc6)c5)cc2c43)c(-c2cccc3sc4ccccc4c23)c1. The summed E-state index contributed by atoms with van der Waals surface area (Å²) in [5, 5.41) is 4.60. The Morgan fingerprint density at radius 3 is 1.30 bits per heavy atom. The number of nitrogens with zero attached hydrogens (tertiary/aromatic N) is 1. The molecule has 0 fully saturated rings. The summed E-state index contributed by atoms with van der Waals surface area (Å²) in [6, 6.07) is 142.